The zero-order valence-corrected chi connectivity index (χ0v) is 45.2. The molecule has 0 rings (SSSR count). The number of phosphoric acid groups is 1. The van der Waals surface area contributed by atoms with Crippen molar-refractivity contribution in [1.82, 2.24) is 0 Å². The lowest BCUT2D eigenvalue weighted by molar-refractivity contribution is -0.153. The molecule has 0 bridgehead atoms. The Hall–Kier alpha value is -2.33. The van der Waals surface area contributed by atoms with Gasteiger partial charge in [-0.3, -0.25) is 18.6 Å². The first kappa shape index (κ1) is 66.7. The summed E-state index contributed by atoms with van der Waals surface area (Å²) in [6.45, 7) is 2.13. The molecule has 0 aliphatic carbocycles. The average Bonchev–Trinajstić information content (AvgIpc) is 3.34. The van der Waals surface area contributed by atoms with Crippen LogP contribution in [0.15, 0.2) is 60.8 Å². The summed E-state index contributed by atoms with van der Waals surface area (Å²) in [4.78, 5) is 34.8. The molecule has 0 heterocycles. The predicted octanol–water partition coefficient (Wildman–Crippen LogP) is 16.6. The number of hydrogen-bond acceptors (Lipinski definition) is 9. The highest BCUT2D eigenvalue weighted by atomic mass is 31.2. The van der Waals surface area contributed by atoms with Crippen molar-refractivity contribution in [2.45, 2.75) is 270 Å². The highest BCUT2D eigenvalue weighted by Gasteiger charge is 2.27. The third-order valence-electron chi connectivity index (χ3n) is 12.2. The van der Waals surface area contributed by atoms with E-state index >= 15 is 0 Å². The number of phosphoric ester groups is 1. The average molecular weight is 993 g/mol. The van der Waals surface area contributed by atoms with Crippen LogP contribution in [0.5, 0.6) is 0 Å². The number of ether oxygens (including phenoxy) is 2. The molecule has 0 saturated carbocycles. The Morgan fingerprint density at radius 1 is 0.406 bits per heavy atom. The van der Waals surface area contributed by atoms with Gasteiger partial charge in [-0.25, -0.2) is 4.57 Å². The Labute approximate surface area is 423 Å². The Kier molecular flexibility index (Phi) is 51.7. The first-order valence-corrected chi connectivity index (χ1v) is 29.7. The van der Waals surface area contributed by atoms with Crippen LogP contribution in [0.1, 0.15) is 258 Å². The fourth-order valence-electron chi connectivity index (χ4n) is 7.93. The molecule has 0 aliphatic rings. The first-order chi connectivity index (χ1) is 33.8. The second kappa shape index (κ2) is 53.5. The van der Waals surface area contributed by atoms with E-state index in [1.165, 1.54) is 148 Å². The van der Waals surface area contributed by atoms with Crippen molar-refractivity contribution in [2.24, 2.45) is 0 Å². The highest BCUT2D eigenvalue weighted by Crippen LogP contribution is 2.43. The molecule has 0 aromatic carbocycles. The molecule has 11 heteroatoms. The minimum atomic E-state index is -4.65. The van der Waals surface area contributed by atoms with E-state index in [1.807, 2.05) is 0 Å². The largest absolute Gasteiger partial charge is 0.472 e. The van der Waals surface area contributed by atoms with Crippen LogP contribution in [0, 0.1) is 0 Å². The molecular weight excluding hydrogens is 888 g/mol. The second-order valence-corrected chi connectivity index (χ2v) is 20.3. The number of aliphatic hydroxyl groups excluding tert-OH is 2. The number of unbranched alkanes of at least 4 members (excludes halogenated alkanes) is 29. The van der Waals surface area contributed by atoms with E-state index in [0.717, 1.165) is 70.6 Å². The fourth-order valence-corrected chi connectivity index (χ4v) is 8.71. The van der Waals surface area contributed by atoms with Crippen LogP contribution in [-0.4, -0.2) is 65.7 Å². The lowest BCUT2D eigenvalue weighted by Gasteiger charge is -2.20. The van der Waals surface area contributed by atoms with E-state index in [4.69, 9.17) is 18.5 Å². The van der Waals surface area contributed by atoms with Crippen LogP contribution in [0.3, 0.4) is 0 Å². The summed E-state index contributed by atoms with van der Waals surface area (Å²) >= 11 is 0. The van der Waals surface area contributed by atoms with E-state index in [-0.39, 0.29) is 12.8 Å². The van der Waals surface area contributed by atoms with Crippen molar-refractivity contribution < 1.29 is 47.8 Å². The molecule has 0 spiro atoms. The van der Waals surface area contributed by atoms with E-state index in [1.54, 1.807) is 0 Å². The molecular formula is C58H105O10P. The van der Waals surface area contributed by atoms with Crippen LogP contribution in [-0.2, 0) is 32.7 Å². The fraction of sp³-hybridized carbons (Fsp3) is 0.793. The summed E-state index contributed by atoms with van der Waals surface area (Å²) in [5.74, 6) is -1.02. The summed E-state index contributed by atoms with van der Waals surface area (Å²) in [6.07, 6.45) is 63.4. The van der Waals surface area contributed by atoms with Crippen molar-refractivity contribution in [2.75, 3.05) is 26.4 Å². The number of rotatable bonds is 53. The van der Waals surface area contributed by atoms with E-state index in [0.29, 0.717) is 12.8 Å². The smallest absolute Gasteiger partial charge is 0.457 e. The molecule has 0 saturated heterocycles. The van der Waals surface area contributed by atoms with Gasteiger partial charge in [-0.05, 0) is 77.0 Å². The molecule has 0 aliphatic heterocycles. The Morgan fingerprint density at radius 3 is 1.00 bits per heavy atom. The maximum atomic E-state index is 12.5. The summed E-state index contributed by atoms with van der Waals surface area (Å²) in [7, 11) is -4.65. The van der Waals surface area contributed by atoms with Crippen LogP contribution in [0.25, 0.3) is 0 Å². The van der Waals surface area contributed by atoms with Gasteiger partial charge in [-0.2, -0.15) is 0 Å². The number of esters is 2. The van der Waals surface area contributed by atoms with Gasteiger partial charge in [-0.1, -0.05) is 229 Å². The number of aliphatic hydroxyl groups is 2. The minimum absolute atomic E-state index is 0.185. The Bertz CT molecular complexity index is 1330. The summed E-state index contributed by atoms with van der Waals surface area (Å²) in [6, 6.07) is 0. The van der Waals surface area contributed by atoms with E-state index in [2.05, 4.69) is 74.6 Å². The zero-order chi connectivity index (χ0) is 50.4. The quantitative estimate of drug-likeness (QED) is 0.0233. The van der Waals surface area contributed by atoms with Crippen LogP contribution in [0.2, 0.25) is 0 Å². The molecule has 0 aromatic heterocycles. The Morgan fingerprint density at radius 2 is 0.681 bits per heavy atom. The summed E-state index contributed by atoms with van der Waals surface area (Å²) < 4.78 is 32.8. The lowest BCUT2D eigenvalue weighted by atomic mass is 10.0. The monoisotopic (exact) mass is 993 g/mol. The van der Waals surface area contributed by atoms with Crippen molar-refractivity contribution in [1.29, 1.82) is 0 Å². The highest BCUT2D eigenvalue weighted by molar-refractivity contribution is 7.47. The third kappa shape index (κ3) is 51.8. The Balaban J connectivity index is 3.80. The predicted molar refractivity (Wildman–Crippen MR) is 288 cm³/mol. The van der Waals surface area contributed by atoms with Gasteiger partial charge in [0.25, 0.3) is 0 Å². The summed E-state index contributed by atoms with van der Waals surface area (Å²) in [5, 5.41) is 19.3. The van der Waals surface area contributed by atoms with Crippen molar-refractivity contribution in [3.63, 3.8) is 0 Å². The van der Waals surface area contributed by atoms with Crippen molar-refractivity contribution in [3.8, 4) is 0 Å². The minimum Gasteiger partial charge on any atom is -0.457 e. The topological polar surface area (TPSA) is 149 Å². The van der Waals surface area contributed by atoms with Gasteiger partial charge in [-0.15, -0.1) is 0 Å². The van der Waals surface area contributed by atoms with Gasteiger partial charge in [0.2, 0.25) is 0 Å². The molecule has 3 unspecified atom stereocenters. The summed E-state index contributed by atoms with van der Waals surface area (Å²) in [5.41, 5.74) is 0. The van der Waals surface area contributed by atoms with Gasteiger partial charge in [0, 0.05) is 12.8 Å². The molecule has 402 valence electrons. The molecule has 3 N–H and O–H groups in total. The molecule has 69 heavy (non-hydrogen) atoms. The van der Waals surface area contributed by atoms with E-state index in [9.17, 15) is 29.3 Å². The molecule has 0 aromatic rings. The van der Waals surface area contributed by atoms with Gasteiger partial charge in [0.1, 0.15) is 12.2 Å². The molecule has 0 amide bonds. The van der Waals surface area contributed by atoms with Gasteiger partial charge in [0.05, 0.1) is 26.4 Å². The SMILES string of the molecule is CC/C=C\C/C=C\C/C=C\C/C=C\CCCCCCCCCCCCC(=O)OC(CO)COP(=O)(O)OCC(CO)OC(=O)CCCCCCCCCCCCC/C=C\CCCCCCCCCC. The zero-order valence-electron chi connectivity index (χ0n) is 44.3. The van der Waals surface area contributed by atoms with Crippen LogP contribution < -0.4 is 0 Å². The van der Waals surface area contributed by atoms with Crippen LogP contribution >= 0.6 is 7.82 Å². The van der Waals surface area contributed by atoms with E-state index < -0.39 is 58.4 Å². The molecule has 3 atom stereocenters. The number of hydrogen-bond donors (Lipinski definition) is 3. The van der Waals surface area contributed by atoms with Gasteiger partial charge < -0.3 is 24.6 Å². The van der Waals surface area contributed by atoms with Crippen molar-refractivity contribution in [3.05, 3.63) is 60.8 Å². The lowest BCUT2D eigenvalue weighted by Crippen LogP contribution is -2.28. The standard InChI is InChI=1S/C58H105O10P/c1-3-5-7-9-11-13-15-17-19-21-23-25-27-29-31-33-35-37-39-41-43-45-47-49-57(61)67-55(51-59)53-65-69(63,64)66-54-56(52-60)68-58(62)50-48-46-44-42-40-38-36-34-32-30-28-26-24-22-20-18-16-14-12-10-8-6-4-2/h5,7,11,13,17,19,22-25,55-56,59-60H,3-4,6,8-10,12,14-16,18,20-21,26-54H2,1-2H3,(H,63,64)/b7-5-,13-11-,19-17-,24-22-,25-23-. The molecule has 0 radical (unpaired) electrons. The van der Waals surface area contributed by atoms with Gasteiger partial charge >= 0.3 is 19.8 Å². The van der Waals surface area contributed by atoms with Crippen LogP contribution in [0.4, 0.5) is 0 Å². The van der Waals surface area contributed by atoms with Gasteiger partial charge in [0.15, 0.2) is 0 Å². The number of allylic oxidation sites excluding steroid dienone is 10. The number of carbonyl (C=O) groups is 2. The third-order valence-corrected chi connectivity index (χ3v) is 13.2. The second-order valence-electron chi connectivity index (χ2n) is 18.9. The number of carbonyl (C=O) groups excluding carboxylic acids is 2. The molecule has 0 fully saturated rings. The first-order valence-electron chi connectivity index (χ1n) is 28.2. The maximum absolute atomic E-state index is 12.5. The van der Waals surface area contributed by atoms with Crippen molar-refractivity contribution >= 4 is 19.8 Å². The molecule has 10 nitrogen and oxygen atoms in total. The maximum Gasteiger partial charge on any atom is 0.472 e. The normalized spacial score (nSPS) is 14.0.